The Hall–Kier alpha value is -1.63. The van der Waals surface area contributed by atoms with Crippen molar-refractivity contribution in [1.29, 1.82) is 0 Å². The predicted octanol–water partition coefficient (Wildman–Crippen LogP) is 1.14. The van der Waals surface area contributed by atoms with Gasteiger partial charge in [-0.1, -0.05) is 24.3 Å². The van der Waals surface area contributed by atoms with Gasteiger partial charge in [0, 0.05) is 13.2 Å². The third kappa shape index (κ3) is 6.43. The van der Waals surface area contributed by atoms with Crippen molar-refractivity contribution >= 4 is 6.09 Å². The lowest BCUT2D eigenvalue weighted by Gasteiger charge is -2.22. The molecule has 2 unspecified atom stereocenters. The molecule has 0 aliphatic rings. The predicted molar refractivity (Wildman–Crippen MR) is 82.4 cm³/mol. The molecule has 0 saturated heterocycles. The van der Waals surface area contributed by atoms with Crippen molar-refractivity contribution in [1.82, 2.24) is 5.32 Å². The topological polar surface area (TPSA) is 99.0 Å². The van der Waals surface area contributed by atoms with Crippen molar-refractivity contribution < 1.29 is 24.9 Å². The van der Waals surface area contributed by atoms with Crippen molar-refractivity contribution in [2.24, 2.45) is 0 Å². The molecule has 0 spiro atoms. The minimum Gasteiger partial charge on any atom is -0.444 e. The Morgan fingerprint density at radius 2 is 1.82 bits per heavy atom. The summed E-state index contributed by atoms with van der Waals surface area (Å²) in [4.78, 5) is 11.5. The lowest BCUT2D eigenvalue weighted by atomic mass is 10.0. The Bertz CT molecular complexity index is 466. The Labute approximate surface area is 130 Å². The number of rotatable bonds is 6. The maximum Gasteiger partial charge on any atom is 0.407 e. The highest BCUT2D eigenvalue weighted by Crippen LogP contribution is 2.17. The van der Waals surface area contributed by atoms with Gasteiger partial charge in [0.15, 0.2) is 0 Å². The zero-order valence-electron chi connectivity index (χ0n) is 13.2. The highest BCUT2D eigenvalue weighted by Gasteiger charge is 2.21. The molecule has 6 nitrogen and oxygen atoms in total. The van der Waals surface area contributed by atoms with E-state index in [9.17, 15) is 15.0 Å². The number of amides is 1. The van der Waals surface area contributed by atoms with Crippen LogP contribution in [0.4, 0.5) is 4.79 Å². The number of aliphatic hydroxyl groups excluding tert-OH is 3. The van der Waals surface area contributed by atoms with Crippen LogP contribution in [-0.4, -0.2) is 46.3 Å². The van der Waals surface area contributed by atoms with Crippen molar-refractivity contribution in [2.75, 3.05) is 13.2 Å². The third-order valence-electron chi connectivity index (χ3n) is 2.94. The molecule has 124 valence electrons. The fraction of sp³-hybridized carbons (Fsp3) is 0.562. The highest BCUT2D eigenvalue weighted by atomic mass is 16.6. The first-order chi connectivity index (χ1) is 10.2. The number of nitrogens with one attached hydrogen (secondary N) is 1. The molecule has 1 aromatic rings. The summed E-state index contributed by atoms with van der Waals surface area (Å²) in [6.07, 6.45) is -2.36. The van der Waals surface area contributed by atoms with E-state index >= 15 is 0 Å². The van der Waals surface area contributed by atoms with Crippen LogP contribution >= 0.6 is 0 Å². The first kappa shape index (κ1) is 18.4. The first-order valence-corrected chi connectivity index (χ1v) is 7.25. The molecule has 0 heterocycles. The number of ether oxygens (including phenoxy) is 1. The van der Waals surface area contributed by atoms with Gasteiger partial charge in [-0.3, -0.25) is 0 Å². The first-order valence-electron chi connectivity index (χ1n) is 7.25. The van der Waals surface area contributed by atoms with Gasteiger partial charge in [0.2, 0.25) is 0 Å². The van der Waals surface area contributed by atoms with Gasteiger partial charge in [0.1, 0.15) is 17.8 Å². The number of hydrogen-bond acceptors (Lipinski definition) is 5. The van der Waals surface area contributed by atoms with Crippen LogP contribution in [0.5, 0.6) is 0 Å². The van der Waals surface area contributed by atoms with E-state index in [0.717, 1.165) is 5.56 Å². The van der Waals surface area contributed by atoms with E-state index in [1.54, 1.807) is 45.0 Å². The molecule has 0 aliphatic heterocycles. The van der Waals surface area contributed by atoms with Gasteiger partial charge in [0.05, 0.1) is 0 Å². The van der Waals surface area contributed by atoms with E-state index in [0.29, 0.717) is 12.0 Å². The second-order valence-corrected chi connectivity index (χ2v) is 6.11. The third-order valence-corrected chi connectivity index (χ3v) is 2.94. The van der Waals surface area contributed by atoms with Gasteiger partial charge in [-0.25, -0.2) is 4.79 Å². The number of aliphatic hydroxyl groups is 3. The minimum absolute atomic E-state index is 0.0599. The highest BCUT2D eigenvalue weighted by molar-refractivity contribution is 5.67. The Morgan fingerprint density at radius 1 is 1.23 bits per heavy atom. The number of hydrogen-bond donors (Lipinski definition) is 4. The van der Waals surface area contributed by atoms with Crippen LogP contribution in [0.2, 0.25) is 0 Å². The summed E-state index contributed by atoms with van der Waals surface area (Å²) in [5.41, 5.74) is 0.871. The maximum atomic E-state index is 11.5. The number of carbonyl (C=O) groups excluding carboxylic acids is 1. The fourth-order valence-corrected chi connectivity index (χ4v) is 1.85. The molecule has 0 aliphatic carbocycles. The molecule has 22 heavy (non-hydrogen) atoms. The van der Waals surface area contributed by atoms with Crippen molar-refractivity contribution in [3.63, 3.8) is 0 Å². The van der Waals surface area contributed by atoms with Crippen LogP contribution in [0.3, 0.4) is 0 Å². The summed E-state index contributed by atoms with van der Waals surface area (Å²) in [5, 5.41) is 31.3. The van der Waals surface area contributed by atoms with E-state index in [-0.39, 0.29) is 13.2 Å². The number of benzene rings is 1. The molecule has 0 fully saturated rings. The molecule has 0 saturated carbocycles. The summed E-state index contributed by atoms with van der Waals surface area (Å²) in [5.74, 6) is 0. The monoisotopic (exact) mass is 311 g/mol. The quantitative estimate of drug-likeness (QED) is 0.631. The van der Waals surface area contributed by atoms with Gasteiger partial charge in [-0.05, 0) is 38.3 Å². The molecular formula is C16H25NO5. The average molecular weight is 311 g/mol. The molecule has 4 N–H and O–H groups in total. The second-order valence-electron chi connectivity index (χ2n) is 6.11. The Balaban J connectivity index is 2.50. The summed E-state index contributed by atoms with van der Waals surface area (Å²) in [6, 6.07) is 6.93. The largest absolute Gasteiger partial charge is 0.444 e. The van der Waals surface area contributed by atoms with Gasteiger partial charge < -0.3 is 25.4 Å². The summed E-state index contributed by atoms with van der Waals surface area (Å²) >= 11 is 0. The van der Waals surface area contributed by atoms with Crippen molar-refractivity contribution in [2.45, 2.75) is 45.0 Å². The van der Waals surface area contributed by atoms with E-state index in [2.05, 4.69) is 5.32 Å². The summed E-state index contributed by atoms with van der Waals surface area (Å²) in [6.45, 7) is 5.17. The smallest absolute Gasteiger partial charge is 0.407 e. The molecule has 6 heteroatoms. The molecular weight excluding hydrogens is 286 g/mol. The molecule has 1 amide bonds. The minimum atomic E-state index is -1.14. The van der Waals surface area contributed by atoms with Crippen LogP contribution in [0.15, 0.2) is 24.3 Å². The summed E-state index contributed by atoms with van der Waals surface area (Å²) < 4.78 is 5.05. The summed E-state index contributed by atoms with van der Waals surface area (Å²) in [7, 11) is 0. The van der Waals surface area contributed by atoms with Crippen LogP contribution in [-0.2, 0) is 11.2 Å². The molecule has 0 bridgehead atoms. The van der Waals surface area contributed by atoms with Crippen LogP contribution in [0, 0.1) is 0 Å². The molecule has 1 rings (SSSR count). The lowest BCUT2D eigenvalue weighted by Crippen LogP contribution is -2.38. The zero-order valence-corrected chi connectivity index (χ0v) is 13.2. The Kier molecular flexibility index (Phi) is 6.80. The SMILES string of the molecule is CC(C)(C)OC(=O)NCC(O)C(O)c1ccc(CCO)cc1. The lowest BCUT2D eigenvalue weighted by molar-refractivity contribution is 0.0129. The maximum absolute atomic E-state index is 11.5. The number of carbonyl (C=O) groups is 1. The molecule has 0 aromatic heterocycles. The van der Waals surface area contributed by atoms with E-state index in [1.165, 1.54) is 0 Å². The van der Waals surface area contributed by atoms with Crippen LogP contribution in [0.1, 0.15) is 38.0 Å². The average Bonchev–Trinajstić information content (AvgIpc) is 2.43. The van der Waals surface area contributed by atoms with Gasteiger partial charge in [-0.2, -0.15) is 0 Å². The van der Waals surface area contributed by atoms with Crippen LogP contribution in [0.25, 0.3) is 0 Å². The van der Waals surface area contributed by atoms with Crippen molar-refractivity contribution in [3.8, 4) is 0 Å². The Morgan fingerprint density at radius 3 is 2.32 bits per heavy atom. The van der Waals surface area contributed by atoms with E-state index < -0.39 is 23.9 Å². The van der Waals surface area contributed by atoms with Gasteiger partial charge >= 0.3 is 6.09 Å². The molecule has 1 aromatic carbocycles. The van der Waals surface area contributed by atoms with E-state index in [4.69, 9.17) is 9.84 Å². The fourth-order valence-electron chi connectivity index (χ4n) is 1.85. The molecule has 2 atom stereocenters. The zero-order chi connectivity index (χ0) is 16.8. The van der Waals surface area contributed by atoms with Gasteiger partial charge in [-0.15, -0.1) is 0 Å². The second kappa shape index (κ2) is 8.12. The van der Waals surface area contributed by atoms with Gasteiger partial charge in [0.25, 0.3) is 0 Å². The molecule has 0 radical (unpaired) electrons. The standard InChI is InChI=1S/C16H25NO5/c1-16(2,3)22-15(21)17-10-13(19)14(20)12-6-4-11(5-7-12)8-9-18/h4-7,13-14,18-20H,8-10H2,1-3H3,(H,17,21). The van der Waals surface area contributed by atoms with Crippen molar-refractivity contribution in [3.05, 3.63) is 35.4 Å². The normalized spacial score (nSPS) is 14.3. The van der Waals surface area contributed by atoms with Crippen LogP contribution < -0.4 is 5.32 Å². The van der Waals surface area contributed by atoms with E-state index in [1.807, 2.05) is 0 Å². The number of alkyl carbamates (subject to hydrolysis) is 1.